The maximum atomic E-state index is 6.12. The van der Waals surface area contributed by atoms with Gasteiger partial charge < -0.3 is 10.1 Å². The van der Waals surface area contributed by atoms with Crippen LogP contribution in [0.4, 0.5) is 0 Å². The fourth-order valence-corrected chi connectivity index (χ4v) is 3.82. The van der Waals surface area contributed by atoms with Gasteiger partial charge in [0.15, 0.2) is 0 Å². The third-order valence-corrected chi connectivity index (χ3v) is 4.98. The van der Waals surface area contributed by atoms with Crippen LogP contribution in [-0.4, -0.2) is 18.6 Å². The minimum absolute atomic E-state index is 0.0993. The van der Waals surface area contributed by atoms with E-state index < -0.39 is 0 Å². The van der Waals surface area contributed by atoms with Crippen molar-refractivity contribution in [3.63, 3.8) is 0 Å². The molecule has 1 heterocycles. The lowest BCUT2D eigenvalue weighted by molar-refractivity contribution is -0.0776. The molecule has 18 heavy (non-hydrogen) atoms. The molecule has 0 amide bonds. The lowest BCUT2D eigenvalue weighted by Crippen LogP contribution is -2.34. The Balaban J connectivity index is 2.17. The Labute approximate surface area is 114 Å². The number of ether oxygens (including phenoxy) is 1. The maximum Gasteiger partial charge on any atom is 0.125 e. The first-order valence-electron chi connectivity index (χ1n) is 6.94. The Morgan fingerprint density at radius 3 is 2.83 bits per heavy atom. The molecule has 0 aromatic carbocycles. The maximum absolute atomic E-state index is 6.12. The van der Waals surface area contributed by atoms with Crippen LogP contribution in [0.25, 0.3) is 0 Å². The Morgan fingerprint density at radius 1 is 1.50 bits per heavy atom. The highest BCUT2D eigenvalue weighted by Crippen LogP contribution is 2.43. The quantitative estimate of drug-likeness (QED) is 0.889. The van der Waals surface area contributed by atoms with Gasteiger partial charge in [-0.05, 0) is 45.6 Å². The van der Waals surface area contributed by atoms with E-state index in [9.17, 15) is 0 Å². The van der Waals surface area contributed by atoms with Gasteiger partial charge in [-0.25, -0.2) is 4.98 Å². The van der Waals surface area contributed by atoms with Gasteiger partial charge in [0.2, 0.25) is 0 Å². The van der Waals surface area contributed by atoms with Crippen molar-refractivity contribution < 1.29 is 4.74 Å². The van der Waals surface area contributed by atoms with E-state index >= 15 is 0 Å². The zero-order valence-corrected chi connectivity index (χ0v) is 12.5. The number of nitrogens with zero attached hydrogens (tertiary/aromatic N) is 1. The van der Waals surface area contributed by atoms with Gasteiger partial charge in [0, 0.05) is 24.2 Å². The Kier molecular flexibility index (Phi) is 4.76. The molecule has 1 aromatic heterocycles. The predicted molar refractivity (Wildman–Crippen MR) is 75.8 cm³/mol. The van der Waals surface area contributed by atoms with Crippen LogP contribution in [0.15, 0.2) is 6.20 Å². The molecule has 1 aliphatic rings. The van der Waals surface area contributed by atoms with Gasteiger partial charge in [-0.1, -0.05) is 6.92 Å². The first-order valence-corrected chi connectivity index (χ1v) is 7.75. The van der Waals surface area contributed by atoms with Gasteiger partial charge in [-0.15, -0.1) is 11.3 Å². The molecule has 0 atom stereocenters. The molecule has 0 radical (unpaired) electrons. The van der Waals surface area contributed by atoms with E-state index in [0.717, 1.165) is 31.9 Å². The van der Waals surface area contributed by atoms with Crippen LogP contribution >= 0.6 is 11.3 Å². The molecule has 0 saturated heterocycles. The molecule has 2 rings (SSSR count). The van der Waals surface area contributed by atoms with Gasteiger partial charge in [0.1, 0.15) is 10.6 Å². The molecule has 3 nitrogen and oxygen atoms in total. The van der Waals surface area contributed by atoms with Crippen LogP contribution in [0.3, 0.4) is 0 Å². The minimum Gasteiger partial charge on any atom is -0.368 e. The molecule has 1 fully saturated rings. The third kappa shape index (κ3) is 2.92. The van der Waals surface area contributed by atoms with Crippen molar-refractivity contribution in [2.75, 3.05) is 13.7 Å². The second-order valence-corrected chi connectivity index (χ2v) is 6.39. The van der Waals surface area contributed by atoms with E-state index in [2.05, 4.69) is 24.1 Å². The van der Waals surface area contributed by atoms with Gasteiger partial charge >= 0.3 is 0 Å². The van der Waals surface area contributed by atoms with Gasteiger partial charge in [0.05, 0.1) is 0 Å². The molecule has 1 aliphatic carbocycles. The second kappa shape index (κ2) is 6.13. The molecule has 4 heteroatoms. The topological polar surface area (TPSA) is 34.1 Å². The average molecular weight is 268 g/mol. The summed E-state index contributed by atoms with van der Waals surface area (Å²) in [7, 11) is 1.97. The Hall–Kier alpha value is -0.450. The lowest BCUT2D eigenvalue weighted by Gasteiger charge is -2.37. The highest BCUT2D eigenvalue weighted by atomic mass is 32.1. The number of hydrogen-bond donors (Lipinski definition) is 1. The van der Waals surface area contributed by atoms with E-state index in [0.29, 0.717) is 0 Å². The molecule has 0 unspecified atom stereocenters. The molecular weight excluding hydrogens is 244 g/mol. The molecule has 0 spiro atoms. The summed E-state index contributed by atoms with van der Waals surface area (Å²) < 4.78 is 6.12. The van der Waals surface area contributed by atoms with Crippen molar-refractivity contribution in [3.05, 3.63) is 16.1 Å². The van der Waals surface area contributed by atoms with Crippen molar-refractivity contribution in [1.29, 1.82) is 0 Å². The SMILES string of the molecule is CCOC1(c2ncc(CNC)s2)CCC(C)CC1. The van der Waals surface area contributed by atoms with Crippen molar-refractivity contribution >= 4 is 11.3 Å². The smallest absolute Gasteiger partial charge is 0.125 e. The van der Waals surface area contributed by atoms with Crippen LogP contribution in [0.2, 0.25) is 0 Å². The molecule has 1 N–H and O–H groups in total. The highest BCUT2D eigenvalue weighted by Gasteiger charge is 2.39. The summed E-state index contributed by atoms with van der Waals surface area (Å²) in [5, 5.41) is 4.36. The minimum atomic E-state index is -0.0993. The monoisotopic (exact) mass is 268 g/mol. The fourth-order valence-electron chi connectivity index (χ4n) is 2.70. The van der Waals surface area contributed by atoms with Crippen LogP contribution in [0.5, 0.6) is 0 Å². The normalized spacial score (nSPS) is 28.5. The number of thiazole rings is 1. The number of aromatic nitrogens is 1. The van der Waals surface area contributed by atoms with Crippen LogP contribution in [0.1, 0.15) is 49.4 Å². The summed E-state index contributed by atoms with van der Waals surface area (Å²) in [5.74, 6) is 0.829. The van der Waals surface area contributed by atoms with E-state index in [1.54, 1.807) is 11.3 Å². The predicted octanol–water partition coefficient (Wildman–Crippen LogP) is 3.30. The summed E-state index contributed by atoms with van der Waals surface area (Å²) >= 11 is 1.81. The fraction of sp³-hybridized carbons (Fsp3) is 0.786. The third-order valence-electron chi connectivity index (χ3n) is 3.80. The number of nitrogens with one attached hydrogen (secondary N) is 1. The lowest BCUT2D eigenvalue weighted by atomic mass is 9.80. The zero-order valence-electron chi connectivity index (χ0n) is 11.7. The van der Waals surface area contributed by atoms with Crippen molar-refractivity contribution in [2.45, 2.75) is 51.7 Å². The first-order chi connectivity index (χ1) is 8.70. The van der Waals surface area contributed by atoms with E-state index in [1.165, 1.54) is 22.7 Å². The summed E-state index contributed by atoms with van der Waals surface area (Å²) in [6.45, 7) is 6.09. The van der Waals surface area contributed by atoms with Gasteiger partial charge in [-0.3, -0.25) is 0 Å². The second-order valence-electron chi connectivity index (χ2n) is 5.27. The van der Waals surface area contributed by atoms with Crippen LogP contribution < -0.4 is 5.32 Å². The van der Waals surface area contributed by atoms with E-state index in [4.69, 9.17) is 4.74 Å². The molecule has 0 bridgehead atoms. The summed E-state index contributed by atoms with van der Waals surface area (Å²) in [4.78, 5) is 5.92. The van der Waals surface area contributed by atoms with Gasteiger partial charge in [-0.2, -0.15) is 0 Å². The molecule has 1 aromatic rings. The van der Waals surface area contributed by atoms with Crippen molar-refractivity contribution in [3.8, 4) is 0 Å². The van der Waals surface area contributed by atoms with E-state index in [1.807, 2.05) is 13.2 Å². The van der Waals surface area contributed by atoms with Crippen molar-refractivity contribution in [2.24, 2.45) is 5.92 Å². The highest BCUT2D eigenvalue weighted by molar-refractivity contribution is 7.11. The number of rotatable bonds is 5. The average Bonchev–Trinajstić information content (AvgIpc) is 2.82. The molecule has 1 saturated carbocycles. The Bertz CT molecular complexity index is 370. The molecule has 0 aliphatic heterocycles. The van der Waals surface area contributed by atoms with Gasteiger partial charge in [0.25, 0.3) is 0 Å². The number of hydrogen-bond acceptors (Lipinski definition) is 4. The van der Waals surface area contributed by atoms with Crippen LogP contribution in [-0.2, 0) is 16.9 Å². The largest absolute Gasteiger partial charge is 0.368 e. The molecular formula is C14H24N2OS. The van der Waals surface area contributed by atoms with Crippen LogP contribution in [0, 0.1) is 5.92 Å². The van der Waals surface area contributed by atoms with Crippen molar-refractivity contribution in [1.82, 2.24) is 10.3 Å². The summed E-state index contributed by atoms with van der Waals surface area (Å²) in [6.07, 6.45) is 6.74. The standard InChI is InChI=1S/C14H24N2OS/c1-4-17-14(7-5-11(2)6-8-14)13-16-10-12(18-13)9-15-3/h10-11,15H,4-9H2,1-3H3. The van der Waals surface area contributed by atoms with E-state index in [-0.39, 0.29) is 5.60 Å². The zero-order chi connectivity index (χ0) is 13.0. The first kappa shape index (κ1) is 14.0. The summed E-state index contributed by atoms with van der Waals surface area (Å²) in [5.41, 5.74) is -0.0993. The Morgan fingerprint density at radius 2 is 2.22 bits per heavy atom. The molecule has 102 valence electrons. The summed E-state index contributed by atoms with van der Waals surface area (Å²) in [6, 6.07) is 0.